The first-order valence-corrected chi connectivity index (χ1v) is 8.00. The summed E-state index contributed by atoms with van der Waals surface area (Å²) in [5.41, 5.74) is 0. The van der Waals surface area contributed by atoms with E-state index in [4.69, 9.17) is 4.18 Å². The van der Waals surface area contributed by atoms with Crippen molar-refractivity contribution in [1.82, 2.24) is 0 Å². The zero-order valence-electron chi connectivity index (χ0n) is 10.1. The van der Waals surface area contributed by atoms with Gasteiger partial charge >= 0.3 is 0 Å². The number of hydrogen-bond acceptors (Lipinski definition) is 4. The molecule has 1 aromatic carbocycles. The van der Waals surface area contributed by atoms with Crippen molar-refractivity contribution in [3.8, 4) is 0 Å². The zero-order chi connectivity index (χ0) is 12.9. The minimum Gasteiger partial charge on any atom is -0.265 e. The van der Waals surface area contributed by atoms with Crippen molar-refractivity contribution < 1.29 is 12.6 Å². The van der Waals surface area contributed by atoms with E-state index in [1.165, 1.54) is 0 Å². The number of hydrogen-bond donors (Lipinski definition) is 0. The van der Waals surface area contributed by atoms with Gasteiger partial charge in [0.1, 0.15) is 6.61 Å². The Balaban J connectivity index is 0.000000686. The van der Waals surface area contributed by atoms with Crippen LogP contribution in [0.1, 0.15) is 18.7 Å². The van der Waals surface area contributed by atoms with Crippen LogP contribution in [-0.4, -0.2) is 14.7 Å². The Hall–Kier alpha value is -0.910. The molecule has 0 atom stereocenters. The molecule has 0 fully saturated rings. The SMILES string of the molecule is CC.CS(=O)(=O)OCc1cc2ccccc2s1. The Morgan fingerprint density at radius 2 is 1.88 bits per heavy atom. The maximum atomic E-state index is 10.8. The topological polar surface area (TPSA) is 43.4 Å². The molecule has 0 aliphatic heterocycles. The highest BCUT2D eigenvalue weighted by molar-refractivity contribution is 7.85. The lowest BCUT2D eigenvalue weighted by atomic mass is 10.2. The lowest BCUT2D eigenvalue weighted by Gasteiger charge is -1.96. The first kappa shape index (κ1) is 14.2. The number of benzene rings is 1. The minimum atomic E-state index is -3.35. The molecule has 5 heteroatoms. The van der Waals surface area contributed by atoms with E-state index < -0.39 is 10.1 Å². The van der Waals surface area contributed by atoms with Crippen molar-refractivity contribution in [2.24, 2.45) is 0 Å². The summed E-state index contributed by atoms with van der Waals surface area (Å²) in [6, 6.07) is 9.86. The smallest absolute Gasteiger partial charge is 0.264 e. The Labute approximate surface area is 106 Å². The molecule has 0 saturated heterocycles. The zero-order valence-corrected chi connectivity index (χ0v) is 11.8. The van der Waals surface area contributed by atoms with Gasteiger partial charge in [-0.2, -0.15) is 8.42 Å². The molecule has 2 aromatic rings. The van der Waals surface area contributed by atoms with Crippen LogP contribution in [-0.2, 0) is 20.9 Å². The predicted molar refractivity (Wildman–Crippen MR) is 72.8 cm³/mol. The monoisotopic (exact) mass is 272 g/mol. The van der Waals surface area contributed by atoms with Gasteiger partial charge < -0.3 is 0 Å². The van der Waals surface area contributed by atoms with Crippen LogP contribution in [0.15, 0.2) is 30.3 Å². The Kier molecular flexibility index (Phi) is 5.11. The van der Waals surface area contributed by atoms with Crippen molar-refractivity contribution in [2.45, 2.75) is 20.5 Å². The lowest BCUT2D eigenvalue weighted by molar-refractivity contribution is 0.315. The second-order valence-electron chi connectivity index (χ2n) is 3.22. The second kappa shape index (κ2) is 6.14. The summed E-state index contributed by atoms with van der Waals surface area (Å²) in [4.78, 5) is 0.918. The van der Waals surface area contributed by atoms with Gasteiger partial charge in [-0.3, -0.25) is 4.18 Å². The predicted octanol–water partition coefficient (Wildman–Crippen LogP) is 3.40. The van der Waals surface area contributed by atoms with E-state index in [2.05, 4.69) is 0 Å². The fourth-order valence-electron chi connectivity index (χ4n) is 1.27. The van der Waals surface area contributed by atoms with Crippen molar-refractivity contribution in [1.29, 1.82) is 0 Å². The summed E-state index contributed by atoms with van der Waals surface area (Å²) < 4.78 is 27.5. The van der Waals surface area contributed by atoms with Gasteiger partial charge in [0, 0.05) is 9.58 Å². The summed E-state index contributed by atoms with van der Waals surface area (Å²) in [6.45, 7) is 4.12. The normalized spacial score (nSPS) is 11.0. The summed E-state index contributed by atoms with van der Waals surface area (Å²) >= 11 is 1.55. The molecule has 0 saturated carbocycles. The first-order chi connectivity index (χ1) is 8.04. The molecule has 0 bridgehead atoms. The highest BCUT2D eigenvalue weighted by atomic mass is 32.2. The van der Waals surface area contributed by atoms with Crippen LogP contribution in [0.25, 0.3) is 10.1 Å². The summed E-state index contributed by atoms with van der Waals surface area (Å²) in [5.74, 6) is 0. The van der Waals surface area contributed by atoms with E-state index >= 15 is 0 Å². The van der Waals surface area contributed by atoms with Crippen LogP contribution < -0.4 is 0 Å². The Morgan fingerprint density at radius 1 is 1.24 bits per heavy atom. The summed E-state index contributed by atoms with van der Waals surface area (Å²) in [7, 11) is -3.35. The van der Waals surface area contributed by atoms with Gasteiger partial charge in [0.15, 0.2) is 0 Å². The van der Waals surface area contributed by atoms with Crippen molar-refractivity contribution >= 4 is 31.5 Å². The summed E-state index contributed by atoms with van der Waals surface area (Å²) in [6.07, 6.45) is 1.06. The largest absolute Gasteiger partial charge is 0.265 e. The van der Waals surface area contributed by atoms with Crippen molar-refractivity contribution in [3.63, 3.8) is 0 Å². The van der Waals surface area contributed by atoms with Crippen molar-refractivity contribution in [2.75, 3.05) is 6.26 Å². The second-order valence-corrected chi connectivity index (χ2v) is 6.03. The van der Waals surface area contributed by atoms with E-state index in [-0.39, 0.29) is 6.61 Å². The van der Waals surface area contributed by atoms with Gasteiger partial charge in [0.25, 0.3) is 10.1 Å². The number of thiophene rings is 1. The molecule has 0 radical (unpaired) electrons. The molecule has 94 valence electrons. The minimum absolute atomic E-state index is 0.123. The van der Waals surface area contributed by atoms with E-state index in [0.717, 1.165) is 21.2 Å². The Morgan fingerprint density at radius 3 is 2.47 bits per heavy atom. The average Bonchev–Trinajstić information content (AvgIpc) is 2.71. The third kappa shape index (κ3) is 4.46. The quantitative estimate of drug-likeness (QED) is 0.804. The van der Waals surface area contributed by atoms with Gasteiger partial charge in [-0.25, -0.2) is 0 Å². The molecule has 17 heavy (non-hydrogen) atoms. The molecule has 0 spiro atoms. The van der Waals surface area contributed by atoms with Gasteiger partial charge in [-0.15, -0.1) is 11.3 Å². The third-order valence-electron chi connectivity index (χ3n) is 1.89. The molecule has 0 N–H and O–H groups in total. The molecule has 2 rings (SSSR count). The van der Waals surface area contributed by atoms with Crippen molar-refractivity contribution in [3.05, 3.63) is 35.2 Å². The standard InChI is InChI=1S/C10H10O3S2.C2H6/c1-15(11,12)13-7-9-6-8-4-2-3-5-10(8)14-9;1-2/h2-6H,7H2,1H3;1-2H3. The molecule has 1 aromatic heterocycles. The van der Waals surface area contributed by atoms with E-state index in [1.807, 2.05) is 44.2 Å². The Bertz CT molecular complexity index is 537. The van der Waals surface area contributed by atoms with Crippen LogP contribution in [0.2, 0.25) is 0 Å². The molecule has 3 nitrogen and oxygen atoms in total. The molecular formula is C12H16O3S2. The van der Waals surface area contributed by atoms with Gasteiger partial charge in [0.05, 0.1) is 6.26 Å². The highest BCUT2D eigenvalue weighted by Gasteiger charge is 2.05. The van der Waals surface area contributed by atoms with E-state index in [9.17, 15) is 8.42 Å². The van der Waals surface area contributed by atoms with Crippen LogP contribution >= 0.6 is 11.3 Å². The lowest BCUT2D eigenvalue weighted by Crippen LogP contribution is -2.01. The van der Waals surface area contributed by atoms with Gasteiger partial charge in [0.2, 0.25) is 0 Å². The maximum absolute atomic E-state index is 10.8. The average molecular weight is 272 g/mol. The molecule has 0 aliphatic carbocycles. The van der Waals surface area contributed by atoms with E-state index in [1.54, 1.807) is 11.3 Å². The van der Waals surface area contributed by atoms with Crippen LogP contribution in [0.4, 0.5) is 0 Å². The highest BCUT2D eigenvalue weighted by Crippen LogP contribution is 2.25. The van der Waals surface area contributed by atoms with Crippen LogP contribution in [0.3, 0.4) is 0 Å². The molecular weight excluding hydrogens is 256 g/mol. The van der Waals surface area contributed by atoms with Crippen LogP contribution in [0, 0.1) is 0 Å². The van der Waals surface area contributed by atoms with Gasteiger partial charge in [-0.05, 0) is 17.5 Å². The molecule has 0 unspecified atom stereocenters. The van der Waals surface area contributed by atoms with E-state index in [0.29, 0.717) is 0 Å². The third-order valence-corrected chi connectivity index (χ3v) is 3.53. The number of rotatable bonds is 3. The van der Waals surface area contributed by atoms with Crippen LogP contribution in [0.5, 0.6) is 0 Å². The fourth-order valence-corrected chi connectivity index (χ4v) is 2.67. The summed E-state index contributed by atoms with van der Waals surface area (Å²) in [5, 5.41) is 1.12. The molecule has 0 amide bonds. The first-order valence-electron chi connectivity index (χ1n) is 5.36. The maximum Gasteiger partial charge on any atom is 0.264 e. The fraction of sp³-hybridized carbons (Fsp3) is 0.333. The number of fused-ring (bicyclic) bond motifs is 1. The molecule has 0 aliphatic rings. The van der Waals surface area contributed by atoms with Gasteiger partial charge in [-0.1, -0.05) is 32.0 Å². The molecule has 1 heterocycles.